The normalized spacial score (nSPS) is 33.7. The number of rotatable bonds is 5. The Balaban J connectivity index is 1.28. The van der Waals surface area contributed by atoms with Gasteiger partial charge in [0.15, 0.2) is 0 Å². The van der Waals surface area contributed by atoms with E-state index in [2.05, 4.69) is 44.4 Å². The predicted molar refractivity (Wildman–Crippen MR) is 164 cm³/mol. The molecule has 4 aliphatic heterocycles. The van der Waals surface area contributed by atoms with Crippen LogP contribution >= 0.6 is 16.1 Å². The first-order valence-electron chi connectivity index (χ1n) is 15.5. The number of likely N-dealkylation sites (N-methyl/N-ethyl adjacent to an activating group) is 1. The highest BCUT2D eigenvalue weighted by Gasteiger charge is 2.73. The fourth-order valence-electron chi connectivity index (χ4n) is 8.24. The number of aromatic amines is 1. The Morgan fingerprint density at radius 3 is 2.74 bits per heavy atom. The molecule has 5 heterocycles. The summed E-state index contributed by atoms with van der Waals surface area (Å²) in [6, 6.07) is 4.78. The summed E-state index contributed by atoms with van der Waals surface area (Å²) in [6.45, 7) is 8.57. The minimum Gasteiger partial charge on any atom is -0.361 e. The zero-order valence-electron chi connectivity index (χ0n) is 25.3. The highest BCUT2D eigenvalue weighted by molar-refractivity contribution is 9.07. The number of aromatic nitrogens is 1. The smallest absolute Gasteiger partial charge is 0.282 e. The van der Waals surface area contributed by atoms with E-state index in [1.165, 1.54) is 19.8 Å². The van der Waals surface area contributed by atoms with E-state index < -0.39 is 41.5 Å². The molecule has 6 unspecified atom stereocenters. The van der Waals surface area contributed by atoms with Crippen LogP contribution in [0.15, 0.2) is 30.5 Å². The second-order valence-electron chi connectivity index (χ2n) is 13.7. The highest BCUT2D eigenvalue weighted by atomic mass is 79.9. The molecule has 1 aliphatic carbocycles. The maximum absolute atomic E-state index is 14.6. The monoisotopic (exact) mass is 653 g/mol. The first-order valence-corrected chi connectivity index (χ1v) is 16.2. The fraction of sp³-hybridized carbons (Fsp3) is 0.594. The molecule has 1 aromatic heterocycles. The van der Waals surface area contributed by atoms with Gasteiger partial charge in [-0.15, -0.1) is 0 Å². The number of carbonyl (C=O) groups is 3. The standard InChI is InChI=1S/C32H40BrN5O5/c1-17(2)12-25-29(40)36-11-7-10-26(36)32(42)37(25)30(41)31(43-32,18(3)4)38(33)28(39)20-13-22-21-8-6-9-23-27(21)19(15-34-23)14-24(22)35(5)16-20/h6,8-9,13,15,17-18,20,24-26,34,42H,7,10-12,14,16H2,1-5H3. The third kappa shape index (κ3) is 3.90. The zero-order chi connectivity index (χ0) is 30.6. The van der Waals surface area contributed by atoms with E-state index in [0.29, 0.717) is 32.4 Å². The van der Waals surface area contributed by atoms with Crippen molar-refractivity contribution in [1.29, 1.82) is 0 Å². The fourth-order valence-corrected chi connectivity index (χ4v) is 9.14. The summed E-state index contributed by atoms with van der Waals surface area (Å²) < 4.78 is 7.77. The molecule has 3 amide bonds. The van der Waals surface area contributed by atoms with Crippen molar-refractivity contribution in [3.05, 3.63) is 41.6 Å². The van der Waals surface area contributed by atoms with Crippen molar-refractivity contribution in [1.82, 2.24) is 23.6 Å². The van der Waals surface area contributed by atoms with E-state index in [0.717, 1.165) is 23.1 Å². The number of fused-ring (bicyclic) bond motifs is 5. The average molecular weight is 655 g/mol. The Hall–Kier alpha value is -2.73. The number of halogens is 1. The molecule has 0 saturated carbocycles. The third-order valence-corrected chi connectivity index (χ3v) is 11.2. The Bertz CT molecular complexity index is 1550. The van der Waals surface area contributed by atoms with E-state index in [9.17, 15) is 19.5 Å². The van der Waals surface area contributed by atoms with Gasteiger partial charge in [-0.25, -0.2) is 3.93 Å². The first-order chi connectivity index (χ1) is 20.4. The van der Waals surface area contributed by atoms with Crippen molar-refractivity contribution in [3.8, 4) is 0 Å². The SMILES string of the molecule is CC(C)CC1C(=O)N2CCCC2C2(O)OC(C(C)C)(N(Br)C(=O)C3C=C4c5cccc6[nH]cc(c56)CC4N(C)C3)C(=O)N12. The average Bonchev–Trinajstić information content (AvgIpc) is 3.68. The second kappa shape index (κ2) is 9.89. The molecule has 3 saturated heterocycles. The van der Waals surface area contributed by atoms with E-state index in [1.54, 1.807) is 4.90 Å². The van der Waals surface area contributed by atoms with Crippen LogP contribution in [0.2, 0.25) is 0 Å². The molecule has 6 atom stereocenters. The van der Waals surface area contributed by atoms with Crippen LogP contribution in [-0.2, 0) is 25.5 Å². The van der Waals surface area contributed by atoms with Crippen LogP contribution < -0.4 is 0 Å². The van der Waals surface area contributed by atoms with Crippen LogP contribution in [0.25, 0.3) is 16.5 Å². The van der Waals surface area contributed by atoms with Crippen LogP contribution in [0, 0.1) is 17.8 Å². The van der Waals surface area contributed by atoms with Gasteiger partial charge in [0.1, 0.15) is 12.1 Å². The van der Waals surface area contributed by atoms with Crippen molar-refractivity contribution < 1.29 is 24.2 Å². The van der Waals surface area contributed by atoms with Gasteiger partial charge in [-0.3, -0.25) is 28.9 Å². The minimum atomic E-state index is -2.03. The number of benzene rings is 1. The number of carbonyl (C=O) groups excluding carboxylic acids is 3. The summed E-state index contributed by atoms with van der Waals surface area (Å²) >= 11 is 3.53. The van der Waals surface area contributed by atoms with E-state index in [4.69, 9.17) is 4.74 Å². The largest absolute Gasteiger partial charge is 0.361 e. The van der Waals surface area contributed by atoms with Gasteiger partial charge in [0, 0.05) is 42.1 Å². The molecular weight excluding hydrogens is 614 g/mol. The Kier molecular flexibility index (Phi) is 6.67. The molecule has 5 aliphatic rings. The highest BCUT2D eigenvalue weighted by Crippen LogP contribution is 2.51. The Labute approximate surface area is 260 Å². The summed E-state index contributed by atoms with van der Waals surface area (Å²) in [7, 11) is 2.03. The van der Waals surface area contributed by atoms with Gasteiger partial charge in [-0.1, -0.05) is 45.9 Å². The van der Waals surface area contributed by atoms with Crippen LogP contribution in [0.4, 0.5) is 0 Å². The summed E-state index contributed by atoms with van der Waals surface area (Å²) in [5.41, 5.74) is 2.72. The zero-order valence-corrected chi connectivity index (χ0v) is 26.9. The lowest BCUT2D eigenvalue weighted by Crippen LogP contribution is -2.71. The van der Waals surface area contributed by atoms with Crippen molar-refractivity contribution >= 4 is 50.3 Å². The van der Waals surface area contributed by atoms with Crippen molar-refractivity contribution in [3.63, 3.8) is 0 Å². The summed E-state index contributed by atoms with van der Waals surface area (Å²) in [4.78, 5) is 51.3. The topological polar surface area (TPSA) is 109 Å². The van der Waals surface area contributed by atoms with Gasteiger partial charge >= 0.3 is 0 Å². The van der Waals surface area contributed by atoms with Gasteiger partial charge in [0.2, 0.25) is 17.5 Å². The quantitative estimate of drug-likeness (QED) is 0.479. The lowest BCUT2D eigenvalue weighted by atomic mass is 9.79. The van der Waals surface area contributed by atoms with Crippen LogP contribution in [0.3, 0.4) is 0 Å². The van der Waals surface area contributed by atoms with Gasteiger partial charge in [0.05, 0.1) is 22.1 Å². The van der Waals surface area contributed by atoms with Crippen LogP contribution in [0.5, 0.6) is 0 Å². The summed E-state index contributed by atoms with van der Waals surface area (Å²) in [6.07, 6.45) is 6.58. The van der Waals surface area contributed by atoms with Crippen molar-refractivity contribution in [2.24, 2.45) is 17.8 Å². The number of H-pyrrole nitrogens is 1. The molecule has 2 aromatic rings. The van der Waals surface area contributed by atoms with E-state index in [-0.39, 0.29) is 23.8 Å². The van der Waals surface area contributed by atoms with Gasteiger partial charge in [0.25, 0.3) is 11.8 Å². The van der Waals surface area contributed by atoms with Crippen molar-refractivity contribution in [2.75, 3.05) is 20.1 Å². The maximum atomic E-state index is 14.6. The maximum Gasteiger partial charge on any atom is 0.282 e. The second-order valence-corrected chi connectivity index (χ2v) is 14.4. The molecule has 3 fully saturated rings. The minimum absolute atomic E-state index is 0.0961. The van der Waals surface area contributed by atoms with Crippen molar-refractivity contribution in [2.45, 2.75) is 83.1 Å². The molecule has 11 heteroatoms. The lowest BCUT2D eigenvalue weighted by molar-refractivity contribution is -0.328. The Morgan fingerprint density at radius 2 is 2.02 bits per heavy atom. The van der Waals surface area contributed by atoms with Gasteiger partial charge in [-0.2, -0.15) is 0 Å². The molecule has 10 nitrogen and oxygen atoms in total. The number of ether oxygens (including phenoxy) is 1. The Morgan fingerprint density at radius 1 is 1.26 bits per heavy atom. The lowest BCUT2D eigenvalue weighted by Gasteiger charge is -2.49. The molecule has 0 spiro atoms. The molecule has 7 rings (SSSR count). The summed E-state index contributed by atoms with van der Waals surface area (Å²) in [5.74, 6) is -4.09. The number of hydrogen-bond acceptors (Lipinski definition) is 6. The number of hydrogen-bond donors (Lipinski definition) is 2. The molecule has 230 valence electrons. The number of piperazine rings is 1. The molecule has 43 heavy (non-hydrogen) atoms. The molecule has 1 aromatic carbocycles. The molecule has 0 bridgehead atoms. The van der Waals surface area contributed by atoms with E-state index in [1.807, 2.05) is 46.9 Å². The first kappa shape index (κ1) is 29.0. The van der Waals surface area contributed by atoms with Crippen LogP contribution in [0.1, 0.15) is 58.1 Å². The molecule has 2 N–H and O–H groups in total. The van der Waals surface area contributed by atoms with Gasteiger partial charge < -0.3 is 15.0 Å². The predicted octanol–water partition coefficient (Wildman–Crippen LogP) is 3.45. The van der Waals surface area contributed by atoms with Crippen LogP contribution in [-0.4, -0.2) is 96.3 Å². The number of nitrogens with one attached hydrogen (secondary N) is 1. The summed E-state index contributed by atoms with van der Waals surface area (Å²) in [5, 5.41) is 13.4. The van der Waals surface area contributed by atoms with E-state index >= 15 is 0 Å². The number of aliphatic hydroxyl groups is 1. The third-order valence-electron chi connectivity index (χ3n) is 10.3. The number of nitrogens with zero attached hydrogens (tertiary/aromatic N) is 4. The van der Waals surface area contributed by atoms with Gasteiger partial charge in [-0.05, 0) is 61.4 Å². The molecule has 0 radical (unpaired) electrons. The number of amides is 3. The molecular formula is C32H40BrN5O5.